The molecule has 1 aromatic heterocycles. The van der Waals surface area contributed by atoms with E-state index < -0.39 is 0 Å². The first-order chi connectivity index (χ1) is 11.2. The number of benzene rings is 2. The van der Waals surface area contributed by atoms with E-state index in [-0.39, 0.29) is 11.5 Å². The number of aryl methyl sites for hydroxylation is 1. The normalized spacial score (nSPS) is 10.7. The number of rotatable bonds is 5. The zero-order valence-corrected chi connectivity index (χ0v) is 12.6. The summed E-state index contributed by atoms with van der Waals surface area (Å²) in [7, 11) is 1.56. The van der Waals surface area contributed by atoms with E-state index in [1.807, 2.05) is 18.2 Å². The smallest absolute Gasteiger partial charge is 0.343 e. The van der Waals surface area contributed by atoms with E-state index in [1.54, 1.807) is 31.4 Å². The predicted molar refractivity (Wildman–Crippen MR) is 84.9 cm³/mol. The highest BCUT2D eigenvalue weighted by atomic mass is 19.1. The number of hydrogen-bond acceptors (Lipinski definition) is 3. The van der Waals surface area contributed by atoms with Crippen molar-refractivity contribution in [2.45, 2.75) is 13.0 Å². The summed E-state index contributed by atoms with van der Waals surface area (Å²) in [6.45, 7) is 0.323. The zero-order chi connectivity index (χ0) is 16.2. The van der Waals surface area contributed by atoms with E-state index >= 15 is 0 Å². The van der Waals surface area contributed by atoms with Crippen molar-refractivity contribution in [3.63, 3.8) is 0 Å². The molecule has 3 aromatic rings. The summed E-state index contributed by atoms with van der Waals surface area (Å²) < 4.78 is 20.5. The van der Waals surface area contributed by atoms with Crippen LogP contribution in [-0.2, 0) is 13.0 Å². The Hall–Kier alpha value is -2.89. The number of aromatic amines is 1. The number of methoxy groups -OCH3 is 1. The van der Waals surface area contributed by atoms with Crippen molar-refractivity contribution in [1.29, 1.82) is 0 Å². The van der Waals surface area contributed by atoms with E-state index in [9.17, 15) is 9.18 Å². The van der Waals surface area contributed by atoms with Crippen molar-refractivity contribution < 1.29 is 9.13 Å². The van der Waals surface area contributed by atoms with Crippen LogP contribution in [0.1, 0.15) is 5.56 Å². The van der Waals surface area contributed by atoms with Crippen LogP contribution in [0.25, 0.3) is 11.4 Å². The molecule has 0 aliphatic rings. The van der Waals surface area contributed by atoms with Gasteiger partial charge in [-0.1, -0.05) is 30.3 Å². The van der Waals surface area contributed by atoms with Gasteiger partial charge >= 0.3 is 5.69 Å². The van der Waals surface area contributed by atoms with Gasteiger partial charge in [0.05, 0.1) is 12.7 Å². The molecule has 118 valence electrons. The number of nitrogens with zero attached hydrogens (tertiary/aromatic N) is 2. The lowest BCUT2D eigenvalue weighted by Crippen LogP contribution is -2.19. The van der Waals surface area contributed by atoms with Gasteiger partial charge in [0.25, 0.3) is 0 Å². The molecule has 0 aliphatic heterocycles. The first kappa shape index (κ1) is 15.0. The number of halogens is 1. The third kappa shape index (κ3) is 3.01. The van der Waals surface area contributed by atoms with E-state index in [4.69, 9.17) is 4.74 Å². The molecular formula is C17H16FN3O2. The average Bonchev–Trinajstić information content (AvgIpc) is 2.95. The maximum atomic E-state index is 13.7. The van der Waals surface area contributed by atoms with Crippen LogP contribution in [0, 0.1) is 5.82 Å². The van der Waals surface area contributed by atoms with Gasteiger partial charge in [0.15, 0.2) is 5.82 Å². The van der Waals surface area contributed by atoms with Crippen LogP contribution in [-0.4, -0.2) is 21.9 Å². The van der Waals surface area contributed by atoms with Crippen molar-refractivity contribution in [2.24, 2.45) is 0 Å². The van der Waals surface area contributed by atoms with Gasteiger partial charge in [-0.2, -0.15) is 5.10 Å². The van der Waals surface area contributed by atoms with Gasteiger partial charge in [0.2, 0.25) is 0 Å². The number of nitrogens with one attached hydrogen (secondary N) is 1. The molecule has 0 saturated heterocycles. The van der Waals surface area contributed by atoms with E-state index in [2.05, 4.69) is 10.2 Å². The highest BCUT2D eigenvalue weighted by Crippen LogP contribution is 2.27. The first-order valence-electron chi connectivity index (χ1n) is 7.22. The monoisotopic (exact) mass is 313 g/mol. The molecule has 1 N–H and O–H groups in total. The van der Waals surface area contributed by atoms with Gasteiger partial charge in [-0.15, -0.1) is 0 Å². The van der Waals surface area contributed by atoms with Gasteiger partial charge in [-0.25, -0.2) is 14.3 Å². The van der Waals surface area contributed by atoms with Gasteiger partial charge in [0.1, 0.15) is 11.6 Å². The highest BCUT2D eigenvalue weighted by Gasteiger charge is 2.15. The molecule has 6 heteroatoms. The van der Waals surface area contributed by atoms with Crippen LogP contribution in [0.5, 0.6) is 5.75 Å². The molecule has 0 aliphatic carbocycles. The minimum Gasteiger partial charge on any atom is -0.496 e. The molecule has 23 heavy (non-hydrogen) atoms. The number of hydrogen-bond donors (Lipinski definition) is 1. The molecular weight excluding hydrogens is 297 g/mol. The predicted octanol–water partition coefficient (Wildman–Crippen LogP) is 2.63. The lowest BCUT2D eigenvalue weighted by molar-refractivity contribution is 0.416. The van der Waals surface area contributed by atoms with Crippen LogP contribution in [0.2, 0.25) is 0 Å². The molecule has 0 radical (unpaired) electrons. The van der Waals surface area contributed by atoms with Crippen molar-refractivity contribution in [1.82, 2.24) is 14.8 Å². The number of ether oxygens (including phenoxy) is 1. The quantitative estimate of drug-likeness (QED) is 0.788. The van der Waals surface area contributed by atoms with Crippen LogP contribution in [0.15, 0.2) is 53.3 Å². The topological polar surface area (TPSA) is 59.9 Å². The molecule has 5 nitrogen and oxygen atoms in total. The Morgan fingerprint density at radius 3 is 2.70 bits per heavy atom. The third-order valence-corrected chi connectivity index (χ3v) is 3.67. The summed E-state index contributed by atoms with van der Waals surface area (Å²) in [6.07, 6.45) is 0.397. The second kappa shape index (κ2) is 6.48. The maximum absolute atomic E-state index is 13.7. The van der Waals surface area contributed by atoms with Crippen molar-refractivity contribution >= 4 is 0 Å². The average molecular weight is 313 g/mol. The summed E-state index contributed by atoms with van der Waals surface area (Å²) in [4.78, 5) is 12.0. The molecule has 1 heterocycles. The highest BCUT2D eigenvalue weighted by molar-refractivity contribution is 5.64. The summed E-state index contributed by atoms with van der Waals surface area (Å²) >= 11 is 0. The standard InChI is InChI=1S/C17H16FN3O2/c1-23-15-9-5-3-7-13(15)16-19-20-17(22)21(16)11-10-12-6-2-4-8-14(12)18/h2-9H,10-11H2,1H3,(H,20,22). The zero-order valence-electron chi connectivity index (χ0n) is 12.6. The lowest BCUT2D eigenvalue weighted by atomic mass is 10.1. The number of H-pyrrole nitrogens is 1. The molecule has 3 rings (SSSR count). The summed E-state index contributed by atoms with van der Waals surface area (Å²) in [6, 6.07) is 13.9. The number of aromatic nitrogens is 3. The van der Waals surface area contributed by atoms with Crippen LogP contribution in [0.4, 0.5) is 4.39 Å². The van der Waals surface area contributed by atoms with E-state index in [0.29, 0.717) is 35.7 Å². The van der Waals surface area contributed by atoms with Gasteiger partial charge in [0, 0.05) is 6.54 Å². The SMILES string of the molecule is COc1ccccc1-c1n[nH]c(=O)n1CCc1ccccc1F. The van der Waals surface area contributed by atoms with Crippen LogP contribution < -0.4 is 10.4 Å². The summed E-state index contributed by atoms with van der Waals surface area (Å²) in [5.74, 6) is 0.824. The Bertz CT molecular complexity index is 870. The first-order valence-corrected chi connectivity index (χ1v) is 7.22. The molecule has 0 atom stereocenters. The Morgan fingerprint density at radius 1 is 1.17 bits per heavy atom. The van der Waals surface area contributed by atoms with Crippen LogP contribution in [0.3, 0.4) is 0 Å². The van der Waals surface area contributed by atoms with Gasteiger partial charge in [-0.05, 0) is 30.2 Å². The fraction of sp³-hybridized carbons (Fsp3) is 0.176. The largest absolute Gasteiger partial charge is 0.496 e. The molecule has 0 fully saturated rings. The minimum atomic E-state index is -0.331. The minimum absolute atomic E-state index is 0.275. The van der Waals surface area contributed by atoms with E-state index in [1.165, 1.54) is 10.6 Å². The van der Waals surface area contributed by atoms with Gasteiger partial charge in [-0.3, -0.25) is 4.57 Å². The van der Waals surface area contributed by atoms with Crippen molar-refractivity contribution in [3.05, 3.63) is 70.4 Å². The molecule has 0 saturated carbocycles. The second-order valence-electron chi connectivity index (χ2n) is 5.05. The third-order valence-electron chi connectivity index (χ3n) is 3.67. The lowest BCUT2D eigenvalue weighted by Gasteiger charge is -2.09. The Kier molecular flexibility index (Phi) is 4.23. The van der Waals surface area contributed by atoms with Gasteiger partial charge < -0.3 is 4.74 Å². The molecule has 0 unspecified atom stereocenters. The number of para-hydroxylation sites is 1. The summed E-state index contributed by atoms with van der Waals surface area (Å²) in [5.41, 5.74) is 0.940. The molecule has 0 bridgehead atoms. The molecule has 0 amide bonds. The summed E-state index contributed by atoms with van der Waals surface area (Å²) in [5, 5.41) is 6.53. The maximum Gasteiger partial charge on any atom is 0.343 e. The Morgan fingerprint density at radius 2 is 1.91 bits per heavy atom. The molecule has 2 aromatic carbocycles. The van der Waals surface area contributed by atoms with Crippen molar-refractivity contribution in [2.75, 3.05) is 7.11 Å². The fourth-order valence-electron chi connectivity index (χ4n) is 2.49. The van der Waals surface area contributed by atoms with Crippen LogP contribution >= 0.6 is 0 Å². The second-order valence-corrected chi connectivity index (χ2v) is 5.05. The van der Waals surface area contributed by atoms with Crippen molar-refractivity contribution in [3.8, 4) is 17.1 Å². The Balaban J connectivity index is 1.94. The fourth-order valence-corrected chi connectivity index (χ4v) is 2.49. The van der Waals surface area contributed by atoms with E-state index in [0.717, 1.165) is 0 Å². The Labute approximate surface area is 132 Å². The molecule has 0 spiro atoms.